The van der Waals surface area contributed by atoms with Crippen molar-refractivity contribution in [1.29, 1.82) is 0 Å². The minimum absolute atomic E-state index is 0.103. The number of aryl methyl sites for hydroxylation is 1. The summed E-state index contributed by atoms with van der Waals surface area (Å²) < 4.78 is 33.1. The summed E-state index contributed by atoms with van der Waals surface area (Å²) in [6.45, 7) is 1.77. The Morgan fingerprint density at radius 3 is 2.33 bits per heavy atom. The van der Waals surface area contributed by atoms with Gasteiger partial charge in [0.25, 0.3) is 15.9 Å². The zero-order chi connectivity index (χ0) is 21.7. The van der Waals surface area contributed by atoms with Crippen LogP contribution in [0.5, 0.6) is 5.75 Å². The largest absolute Gasteiger partial charge is 0.497 e. The van der Waals surface area contributed by atoms with Crippen LogP contribution >= 0.6 is 11.8 Å². The summed E-state index contributed by atoms with van der Waals surface area (Å²) in [5.41, 5.74) is 2.10. The molecule has 0 fully saturated rings. The van der Waals surface area contributed by atoms with Crippen molar-refractivity contribution in [2.75, 3.05) is 23.4 Å². The van der Waals surface area contributed by atoms with Crippen LogP contribution in [0.4, 0.5) is 11.4 Å². The third-order valence-corrected chi connectivity index (χ3v) is 6.65. The molecular weight excluding hydrogens is 420 g/mol. The number of nitrogens with one attached hydrogen (secondary N) is 2. The topological polar surface area (TPSA) is 84.5 Å². The van der Waals surface area contributed by atoms with Gasteiger partial charge in [-0.25, -0.2) is 8.42 Å². The standard InChI is InChI=1S/C22H22N2O4S2/c1-15-8-9-16(22(25)23-19-6-4-5-7-21(19)29-3)14-20(15)24-30(26,27)18-12-10-17(28-2)11-13-18/h4-14,24H,1-3H3,(H,23,25). The molecule has 0 unspecified atom stereocenters. The molecule has 2 N–H and O–H groups in total. The zero-order valence-electron chi connectivity index (χ0n) is 16.8. The maximum absolute atomic E-state index is 12.8. The zero-order valence-corrected chi connectivity index (χ0v) is 18.4. The predicted octanol–water partition coefficient (Wildman–Crippen LogP) is 4.78. The van der Waals surface area contributed by atoms with E-state index in [4.69, 9.17) is 4.74 Å². The average Bonchev–Trinajstić information content (AvgIpc) is 2.75. The molecule has 0 aliphatic heterocycles. The molecule has 0 radical (unpaired) electrons. The Balaban J connectivity index is 1.84. The van der Waals surface area contributed by atoms with Gasteiger partial charge in [-0.2, -0.15) is 0 Å². The molecule has 1 amide bonds. The number of ether oxygens (including phenoxy) is 1. The lowest BCUT2D eigenvalue weighted by molar-refractivity contribution is 0.102. The Bertz CT molecular complexity index is 1160. The van der Waals surface area contributed by atoms with Crippen molar-refractivity contribution in [1.82, 2.24) is 0 Å². The minimum Gasteiger partial charge on any atom is -0.497 e. The molecule has 0 saturated heterocycles. The Kier molecular flexibility index (Phi) is 6.69. The minimum atomic E-state index is -3.81. The number of carbonyl (C=O) groups excluding carboxylic acids is 1. The van der Waals surface area contributed by atoms with Gasteiger partial charge in [0.15, 0.2) is 0 Å². The van der Waals surface area contributed by atoms with Crippen LogP contribution in [0, 0.1) is 6.92 Å². The van der Waals surface area contributed by atoms with Gasteiger partial charge in [-0.1, -0.05) is 18.2 Å². The van der Waals surface area contributed by atoms with E-state index in [0.717, 1.165) is 4.90 Å². The van der Waals surface area contributed by atoms with Gasteiger partial charge in [0.2, 0.25) is 0 Å². The van der Waals surface area contributed by atoms with E-state index in [1.807, 2.05) is 30.5 Å². The second-order valence-corrected chi connectivity index (χ2v) is 9.00. The van der Waals surface area contributed by atoms with Crippen molar-refractivity contribution in [3.8, 4) is 5.75 Å². The number of benzene rings is 3. The molecule has 0 aromatic heterocycles. The van der Waals surface area contributed by atoms with Gasteiger partial charge in [-0.3, -0.25) is 9.52 Å². The van der Waals surface area contributed by atoms with Crippen LogP contribution in [-0.4, -0.2) is 27.7 Å². The summed E-state index contributed by atoms with van der Waals surface area (Å²) >= 11 is 1.53. The number of amides is 1. The van der Waals surface area contributed by atoms with Crippen molar-refractivity contribution >= 4 is 39.1 Å². The van der Waals surface area contributed by atoms with E-state index in [9.17, 15) is 13.2 Å². The van der Waals surface area contributed by atoms with E-state index < -0.39 is 10.0 Å². The first kappa shape index (κ1) is 21.7. The normalized spacial score (nSPS) is 11.0. The summed E-state index contributed by atoms with van der Waals surface area (Å²) in [5, 5.41) is 2.88. The van der Waals surface area contributed by atoms with E-state index in [2.05, 4.69) is 10.0 Å². The Labute approximate surface area is 180 Å². The number of thioether (sulfide) groups is 1. The molecule has 0 aliphatic rings. The fourth-order valence-electron chi connectivity index (χ4n) is 2.77. The van der Waals surface area contributed by atoms with Crippen LogP contribution in [0.3, 0.4) is 0 Å². The van der Waals surface area contributed by atoms with Crippen LogP contribution in [-0.2, 0) is 10.0 Å². The summed E-state index contributed by atoms with van der Waals surface area (Å²) in [4.78, 5) is 13.8. The lowest BCUT2D eigenvalue weighted by Gasteiger charge is -2.13. The first-order valence-corrected chi connectivity index (χ1v) is 11.8. The van der Waals surface area contributed by atoms with Crippen LogP contribution in [0.1, 0.15) is 15.9 Å². The third kappa shape index (κ3) is 4.95. The fourth-order valence-corrected chi connectivity index (χ4v) is 4.45. The van der Waals surface area contributed by atoms with Gasteiger partial charge in [0.1, 0.15) is 5.75 Å². The van der Waals surface area contributed by atoms with Crippen LogP contribution in [0.25, 0.3) is 0 Å². The van der Waals surface area contributed by atoms with Crippen molar-refractivity contribution in [3.05, 3.63) is 77.9 Å². The summed E-state index contributed by atoms with van der Waals surface area (Å²) in [5.74, 6) is 0.246. The number of hydrogen-bond acceptors (Lipinski definition) is 5. The number of hydrogen-bond donors (Lipinski definition) is 2. The molecule has 0 bridgehead atoms. The molecule has 0 spiro atoms. The van der Waals surface area contributed by atoms with E-state index >= 15 is 0 Å². The summed E-state index contributed by atoms with van der Waals surface area (Å²) in [7, 11) is -2.30. The second-order valence-electron chi connectivity index (χ2n) is 6.47. The first-order chi connectivity index (χ1) is 14.3. The molecule has 3 rings (SSSR count). The molecule has 0 atom stereocenters. The van der Waals surface area contributed by atoms with Gasteiger partial charge in [-0.15, -0.1) is 11.8 Å². The number of anilines is 2. The van der Waals surface area contributed by atoms with Gasteiger partial charge in [-0.05, 0) is 67.3 Å². The van der Waals surface area contributed by atoms with Crippen molar-refractivity contribution in [2.24, 2.45) is 0 Å². The lowest BCUT2D eigenvalue weighted by Crippen LogP contribution is -2.16. The SMILES string of the molecule is COc1ccc(S(=O)(=O)Nc2cc(C(=O)Nc3ccccc3SC)ccc2C)cc1. The number of para-hydroxylation sites is 1. The Morgan fingerprint density at radius 1 is 0.967 bits per heavy atom. The van der Waals surface area contributed by atoms with Gasteiger partial charge in [0, 0.05) is 10.5 Å². The Hall–Kier alpha value is -2.97. The average molecular weight is 443 g/mol. The monoisotopic (exact) mass is 442 g/mol. The summed E-state index contributed by atoms with van der Waals surface area (Å²) in [6.07, 6.45) is 1.93. The molecule has 6 nitrogen and oxygen atoms in total. The maximum Gasteiger partial charge on any atom is 0.261 e. The molecule has 3 aromatic carbocycles. The molecule has 0 heterocycles. The number of sulfonamides is 1. The highest BCUT2D eigenvalue weighted by Crippen LogP contribution is 2.26. The number of methoxy groups -OCH3 is 1. The van der Waals surface area contributed by atoms with Crippen LogP contribution < -0.4 is 14.8 Å². The van der Waals surface area contributed by atoms with E-state index in [-0.39, 0.29) is 10.8 Å². The highest BCUT2D eigenvalue weighted by Gasteiger charge is 2.17. The molecule has 156 valence electrons. The molecule has 0 saturated carbocycles. The van der Waals surface area contributed by atoms with Gasteiger partial charge >= 0.3 is 0 Å². The van der Waals surface area contributed by atoms with E-state index in [0.29, 0.717) is 28.3 Å². The van der Waals surface area contributed by atoms with Crippen molar-refractivity contribution in [3.63, 3.8) is 0 Å². The predicted molar refractivity (Wildman–Crippen MR) is 121 cm³/mol. The molecular formula is C22H22N2O4S2. The smallest absolute Gasteiger partial charge is 0.261 e. The Morgan fingerprint density at radius 2 is 1.67 bits per heavy atom. The quantitative estimate of drug-likeness (QED) is 0.515. The highest BCUT2D eigenvalue weighted by molar-refractivity contribution is 7.98. The van der Waals surface area contributed by atoms with Crippen LogP contribution in [0.15, 0.2) is 76.5 Å². The number of rotatable bonds is 7. The van der Waals surface area contributed by atoms with E-state index in [1.54, 1.807) is 31.2 Å². The first-order valence-electron chi connectivity index (χ1n) is 9.06. The number of carbonyl (C=O) groups is 1. The molecule has 8 heteroatoms. The molecule has 3 aromatic rings. The third-order valence-electron chi connectivity index (χ3n) is 4.47. The van der Waals surface area contributed by atoms with Crippen molar-refractivity contribution < 1.29 is 17.9 Å². The maximum atomic E-state index is 12.8. The van der Waals surface area contributed by atoms with Crippen LogP contribution in [0.2, 0.25) is 0 Å². The second kappa shape index (κ2) is 9.23. The lowest BCUT2D eigenvalue weighted by atomic mass is 10.1. The molecule has 0 aliphatic carbocycles. The molecule has 30 heavy (non-hydrogen) atoms. The fraction of sp³-hybridized carbons (Fsp3) is 0.136. The summed E-state index contributed by atoms with van der Waals surface area (Å²) in [6, 6.07) is 18.5. The van der Waals surface area contributed by atoms with Gasteiger partial charge < -0.3 is 10.1 Å². The van der Waals surface area contributed by atoms with E-state index in [1.165, 1.54) is 37.1 Å². The van der Waals surface area contributed by atoms with Gasteiger partial charge in [0.05, 0.1) is 23.4 Å². The van der Waals surface area contributed by atoms with Crippen molar-refractivity contribution in [2.45, 2.75) is 16.7 Å². The highest BCUT2D eigenvalue weighted by atomic mass is 32.2.